The van der Waals surface area contributed by atoms with E-state index in [0.717, 1.165) is 12.8 Å². The maximum Gasteiger partial charge on any atom is 0.121 e. The van der Waals surface area contributed by atoms with E-state index in [1.807, 2.05) is 0 Å². The fourth-order valence-electron chi connectivity index (χ4n) is 7.77. The van der Waals surface area contributed by atoms with Gasteiger partial charge in [0.25, 0.3) is 0 Å². The quantitative estimate of drug-likeness (QED) is 0.167. The van der Waals surface area contributed by atoms with Gasteiger partial charge in [-0.15, -0.1) is 0 Å². The molecular weight excluding hydrogens is 528 g/mol. The zero-order valence-corrected chi connectivity index (χ0v) is 28.5. The van der Waals surface area contributed by atoms with Gasteiger partial charge in [-0.05, 0) is 95.9 Å². The predicted molar refractivity (Wildman–Crippen MR) is 182 cm³/mol. The van der Waals surface area contributed by atoms with Crippen LogP contribution in [0.3, 0.4) is 0 Å². The number of allylic oxidation sites excluding steroid dienone is 14. The number of hydrogen-bond acceptors (Lipinski definition) is 3. The molecule has 43 heavy (non-hydrogen) atoms. The van der Waals surface area contributed by atoms with Crippen molar-refractivity contribution in [3.05, 3.63) is 107 Å². The number of aliphatic hydroxyl groups excluding tert-OH is 1. The molecule has 0 bridgehead atoms. The molecule has 234 valence electrons. The predicted octanol–water partition coefficient (Wildman–Crippen LogP) is 10.00. The third kappa shape index (κ3) is 7.27. The smallest absolute Gasteiger partial charge is 0.121 e. The van der Waals surface area contributed by atoms with Gasteiger partial charge >= 0.3 is 0 Å². The first-order valence-corrected chi connectivity index (χ1v) is 16.2. The summed E-state index contributed by atoms with van der Waals surface area (Å²) in [6.45, 7) is 22.0. The van der Waals surface area contributed by atoms with E-state index in [1.54, 1.807) is 0 Å². The van der Waals surface area contributed by atoms with E-state index in [-0.39, 0.29) is 39.8 Å². The van der Waals surface area contributed by atoms with Crippen molar-refractivity contribution in [1.29, 1.82) is 0 Å². The number of ether oxygens (including phenoxy) is 2. The molecule has 0 spiro atoms. The van der Waals surface area contributed by atoms with Crippen LogP contribution in [0.25, 0.3) is 0 Å². The van der Waals surface area contributed by atoms with Gasteiger partial charge in [0.15, 0.2) is 0 Å². The van der Waals surface area contributed by atoms with Crippen LogP contribution in [-0.2, 0) is 9.47 Å². The molecule has 0 aromatic rings. The summed E-state index contributed by atoms with van der Waals surface area (Å²) in [7, 11) is 0. The van der Waals surface area contributed by atoms with Crippen LogP contribution in [0.2, 0.25) is 0 Å². The van der Waals surface area contributed by atoms with Crippen LogP contribution in [0.5, 0.6) is 0 Å². The second-order valence-corrected chi connectivity index (χ2v) is 15.2. The second kappa shape index (κ2) is 12.5. The van der Waals surface area contributed by atoms with Gasteiger partial charge < -0.3 is 14.6 Å². The number of rotatable bonds is 9. The molecule has 2 saturated carbocycles. The highest BCUT2D eigenvalue weighted by molar-refractivity contribution is 5.38. The zero-order chi connectivity index (χ0) is 31.7. The standard InChI is InChI=1S/C40H56O3/c1-29(18-13-19-31(3)22-25-40-37(7,8)27-33(41)28-39(40,10)43-40)16-11-12-17-30(2)20-14-21-32(4)34-26-35-36(5,6)23-15-24-38(35,9)42-34/h11-14,16-22,25-26,33-34,41H,15,23-24,27-28H2,1-10H3/b12-11+,18-13+,20-14+,25-22+,29-16+,30-17+,31-19+,32-21+. The second-order valence-electron chi connectivity index (χ2n) is 15.2. The summed E-state index contributed by atoms with van der Waals surface area (Å²) in [4.78, 5) is 0. The fraction of sp³-hybridized carbons (Fsp3) is 0.550. The van der Waals surface area contributed by atoms with Crippen molar-refractivity contribution < 1.29 is 14.6 Å². The van der Waals surface area contributed by atoms with Gasteiger partial charge in [0.1, 0.15) is 11.2 Å². The van der Waals surface area contributed by atoms with Crippen molar-refractivity contribution in [3.8, 4) is 0 Å². The molecule has 2 aliphatic heterocycles. The minimum Gasteiger partial charge on any atom is -0.393 e. The molecule has 1 saturated heterocycles. The zero-order valence-electron chi connectivity index (χ0n) is 28.5. The lowest BCUT2D eigenvalue weighted by Gasteiger charge is -2.42. The summed E-state index contributed by atoms with van der Waals surface area (Å²) < 4.78 is 12.8. The maximum absolute atomic E-state index is 10.3. The minimum absolute atomic E-state index is 0.0730. The van der Waals surface area contributed by atoms with E-state index in [2.05, 4.69) is 148 Å². The van der Waals surface area contributed by atoms with E-state index in [9.17, 15) is 5.11 Å². The lowest BCUT2D eigenvalue weighted by atomic mass is 9.63. The average Bonchev–Trinajstić information content (AvgIpc) is 3.34. The molecule has 0 aromatic carbocycles. The number of fused-ring (bicyclic) bond motifs is 2. The number of epoxide rings is 1. The number of hydrogen-bond donors (Lipinski definition) is 1. The summed E-state index contributed by atoms with van der Waals surface area (Å²) in [5, 5.41) is 10.3. The normalized spacial score (nSPS) is 36.6. The topological polar surface area (TPSA) is 42.0 Å². The molecule has 2 heterocycles. The van der Waals surface area contributed by atoms with Gasteiger partial charge in [-0.2, -0.15) is 0 Å². The van der Waals surface area contributed by atoms with Crippen molar-refractivity contribution in [2.75, 3.05) is 0 Å². The summed E-state index contributed by atoms with van der Waals surface area (Å²) in [5.74, 6) is 0. The molecule has 5 unspecified atom stereocenters. The monoisotopic (exact) mass is 584 g/mol. The third-order valence-electron chi connectivity index (χ3n) is 10.3. The Morgan fingerprint density at radius 2 is 1.35 bits per heavy atom. The van der Waals surface area contributed by atoms with Crippen molar-refractivity contribution in [2.45, 2.75) is 130 Å². The highest BCUT2D eigenvalue weighted by atomic mass is 16.6. The third-order valence-corrected chi connectivity index (χ3v) is 10.3. The molecule has 0 radical (unpaired) electrons. The molecular formula is C40H56O3. The van der Waals surface area contributed by atoms with Crippen LogP contribution in [0.4, 0.5) is 0 Å². The Kier molecular flexibility index (Phi) is 9.72. The van der Waals surface area contributed by atoms with E-state index in [4.69, 9.17) is 9.47 Å². The average molecular weight is 585 g/mol. The van der Waals surface area contributed by atoms with Crippen LogP contribution in [0.1, 0.15) is 101 Å². The SMILES string of the molecule is CC(/C=C/C=C(C)/C=C/C12OC1(C)CC(O)CC2(C)C)=C\C=C\C=C(C)\C=C\C=C(/C)C1C=C2C(C)(C)CCCC2(C)O1. The van der Waals surface area contributed by atoms with Crippen LogP contribution in [0.15, 0.2) is 107 Å². The van der Waals surface area contributed by atoms with Crippen LogP contribution >= 0.6 is 0 Å². The van der Waals surface area contributed by atoms with Crippen molar-refractivity contribution in [2.24, 2.45) is 10.8 Å². The summed E-state index contributed by atoms with van der Waals surface area (Å²) in [6.07, 6.45) is 32.9. The van der Waals surface area contributed by atoms with Crippen molar-refractivity contribution in [3.63, 3.8) is 0 Å². The van der Waals surface area contributed by atoms with Gasteiger partial charge in [0.2, 0.25) is 0 Å². The van der Waals surface area contributed by atoms with Crippen molar-refractivity contribution in [1.82, 2.24) is 0 Å². The summed E-state index contributed by atoms with van der Waals surface area (Å²) in [6, 6.07) is 0. The summed E-state index contributed by atoms with van der Waals surface area (Å²) in [5.41, 5.74) is 5.78. The Bertz CT molecular complexity index is 1340. The van der Waals surface area contributed by atoms with E-state index >= 15 is 0 Å². The Morgan fingerprint density at radius 1 is 0.767 bits per heavy atom. The fourth-order valence-corrected chi connectivity index (χ4v) is 7.77. The first-order valence-electron chi connectivity index (χ1n) is 16.2. The first-order chi connectivity index (χ1) is 20.0. The Balaban J connectivity index is 1.27. The lowest BCUT2D eigenvalue weighted by molar-refractivity contribution is -0.0307. The molecule has 0 amide bonds. The van der Waals surface area contributed by atoms with Crippen LogP contribution in [0, 0.1) is 10.8 Å². The maximum atomic E-state index is 10.3. The van der Waals surface area contributed by atoms with Crippen LogP contribution < -0.4 is 0 Å². The molecule has 1 N–H and O–H groups in total. The largest absolute Gasteiger partial charge is 0.393 e. The van der Waals surface area contributed by atoms with Crippen molar-refractivity contribution >= 4 is 0 Å². The molecule has 3 heteroatoms. The molecule has 4 aliphatic rings. The lowest BCUT2D eigenvalue weighted by Crippen LogP contribution is -2.46. The molecule has 3 nitrogen and oxygen atoms in total. The highest BCUT2D eigenvalue weighted by Gasteiger charge is 2.74. The molecule has 2 aliphatic carbocycles. The van der Waals surface area contributed by atoms with Crippen LogP contribution in [-0.4, -0.2) is 34.1 Å². The molecule has 5 atom stereocenters. The Labute approximate surface area is 262 Å². The molecule has 3 fully saturated rings. The van der Waals surface area contributed by atoms with Gasteiger partial charge in [0.05, 0.1) is 17.8 Å². The van der Waals surface area contributed by atoms with E-state index in [1.165, 1.54) is 40.7 Å². The highest BCUT2D eigenvalue weighted by Crippen LogP contribution is 2.66. The van der Waals surface area contributed by atoms with Gasteiger partial charge in [-0.1, -0.05) is 111 Å². The summed E-state index contributed by atoms with van der Waals surface area (Å²) >= 11 is 0. The molecule has 4 rings (SSSR count). The van der Waals surface area contributed by atoms with E-state index < -0.39 is 0 Å². The molecule has 0 aromatic heterocycles. The minimum atomic E-state index is -0.286. The Hall–Kier alpha value is -2.46. The first kappa shape index (κ1) is 33.4. The van der Waals surface area contributed by atoms with Gasteiger partial charge in [0, 0.05) is 11.8 Å². The number of aliphatic hydroxyl groups is 1. The van der Waals surface area contributed by atoms with E-state index in [0.29, 0.717) is 6.42 Å². The Morgan fingerprint density at radius 3 is 1.95 bits per heavy atom. The van der Waals surface area contributed by atoms with Gasteiger partial charge in [-0.25, -0.2) is 0 Å². The van der Waals surface area contributed by atoms with Gasteiger partial charge in [-0.3, -0.25) is 0 Å².